The van der Waals surface area contributed by atoms with Crippen LogP contribution >= 0.6 is 0 Å². The molecule has 2 N–H and O–H groups in total. The van der Waals surface area contributed by atoms with Crippen molar-refractivity contribution < 1.29 is 4.79 Å². The third-order valence-corrected chi connectivity index (χ3v) is 4.26. The predicted molar refractivity (Wildman–Crippen MR) is 87.5 cm³/mol. The largest absolute Gasteiger partial charge is 0.372 e. The van der Waals surface area contributed by atoms with Gasteiger partial charge in [0.1, 0.15) is 0 Å². The Bertz CT molecular complexity index is 435. The van der Waals surface area contributed by atoms with Crippen LogP contribution in [-0.2, 0) is 4.79 Å². The van der Waals surface area contributed by atoms with Crippen molar-refractivity contribution >= 4 is 11.6 Å². The smallest absolute Gasteiger partial charge is 0.224 e. The molecule has 1 aromatic rings. The van der Waals surface area contributed by atoms with Gasteiger partial charge in [-0.05, 0) is 37.9 Å². The Hall–Kier alpha value is -1.55. The highest BCUT2D eigenvalue weighted by Crippen LogP contribution is 2.16. The first-order valence-electron chi connectivity index (χ1n) is 8.00. The molecule has 1 heterocycles. The lowest BCUT2D eigenvalue weighted by Crippen LogP contribution is -2.36. The zero-order valence-corrected chi connectivity index (χ0v) is 13.1. The van der Waals surface area contributed by atoms with Crippen molar-refractivity contribution in [3.8, 4) is 0 Å². The van der Waals surface area contributed by atoms with Crippen molar-refractivity contribution in [2.75, 3.05) is 37.6 Å². The summed E-state index contributed by atoms with van der Waals surface area (Å²) in [7, 11) is 0. The standard InChI is InChI=1S/C17H27N3O/c1-3-20(15-8-5-4-6-9-15)11-7-10-19-17(21)16-13-18-12-14(16)2/h4-6,8-9,14,16,18H,3,7,10-13H2,1-2H3,(H,19,21). The summed E-state index contributed by atoms with van der Waals surface area (Å²) < 4.78 is 0. The lowest BCUT2D eigenvalue weighted by Gasteiger charge is -2.23. The first-order valence-corrected chi connectivity index (χ1v) is 8.00. The van der Waals surface area contributed by atoms with E-state index in [9.17, 15) is 4.79 Å². The average molecular weight is 289 g/mol. The van der Waals surface area contributed by atoms with E-state index in [0.29, 0.717) is 5.92 Å². The van der Waals surface area contributed by atoms with Gasteiger partial charge < -0.3 is 15.5 Å². The number of carbonyl (C=O) groups excluding carboxylic acids is 1. The van der Waals surface area contributed by atoms with Crippen LogP contribution in [-0.4, -0.2) is 38.6 Å². The number of hydrogen-bond acceptors (Lipinski definition) is 3. The summed E-state index contributed by atoms with van der Waals surface area (Å²) in [5.41, 5.74) is 1.25. The molecule has 0 aromatic heterocycles. The van der Waals surface area contributed by atoms with Crippen LogP contribution in [0.1, 0.15) is 20.3 Å². The molecule has 2 rings (SSSR count). The molecule has 1 aliphatic heterocycles. The molecule has 2 unspecified atom stereocenters. The lowest BCUT2D eigenvalue weighted by molar-refractivity contribution is -0.125. The van der Waals surface area contributed by atoms with Crippen LogP contribution in [0.4, 0.5) is 5.69 Å². The van der Waals surface area contributed by atoms with Gasteiger partial charge in [-0.15, -0.1) is 0 Å². The summed E-state index contributed by atoms with van der Waals surface area (Å²) in [6.45, 7) is 8.79. The number of nitrogens with one attached hydrogen (secondary N) is 2. The van der Waals surface area contributed by atoms with Gasteiger partial charge in [-0.2, -0.15) is 0 Å². The first-order chi connectivity index (χ1) is 10.2. The van der Waals surface area contributed by atoms with E-state index in [1.807, 2.05) is 6.07 Å². The summed E-state index contributed by atoms with van der Waals surface area (Å²) >= 11 is 0. The van der Waals surface area contributed by atoms with Crippen molar-refractivity contribution in [1.82, 2.24) is 10.6 Å². The highest BCUT2D eigenvalue weighted by atomic mass is 16.1. The quantitative estimate of drug-likeness (QED) is 0.753. The second kappa shape index (κ2) is 8.03. The second-order valence-corrected chi connectivity index (χ2v) is 5.80. The Balaban J connectivity index is 1.70. The van der Waals surface area contributed by atoms with Crippen molar-refractivity contribution in [1.29, 1.82) is 0 Å². The maximum atomic E-state index is 12.1. The average Bonchev–Trinajstić information content (AvgIpc) is 2.94. The number of carbonyl (C=O) groups is 1. The third kappa shape index (κ3) is 4.46. The highest BCUT2D eigenvalue weighted by Gasteiger charge is 2.28. The number of rotatable bonds is 7. The Morgan fingerprint density at radius 3 is 2.71 bits per heavy atom. The Morgan fingerprint density at radius 1 is 1.33 bits per heavy atom. The molecular weight excluding hydrogens is 262 g/mol. The van der Waals surface area contributed by atoms with Crippen LogP contribution in [0.3, 0.4) is 0 Å². The van der Waals surface area contributed by atoms with E-state index >= 15 is 0 Å². The van der Waals surface area contributed by atoms with E-state index in [1.165, 1.54) is 5.69 Å². The summed E-state index contributed by atoms with van der Waals surface area (Å²) in [6, 6.07) is 10.4. The van der Waals surface area contributed by atoms with Crippen molar-refractivity contribution in [3.63, 3.8) is 0 Å². The van der Waals surface area contributed by atoms with Gasteiger partial charge in [0.25, 0.3) is 0 Å². The number of para-hydroxylation sites is 1. The molecule has 1 aromatic carbocycles. The van der Waals surface area contributed by atoms with Crippen LogP contribution in [0.15, 0.2) is 30.3 Å². The minimum Gasteiger partial charge on any atom is -0.372 e. The van der Waals surface area contributed by atoms with Gasteiger partial charge in [-0.3, -0.25) is 4.79 Å². The molecule has 0 bridgehead atoms. The molecule has 0 saturated carbocycles. The molecule has 116 valence electrons. The fourth-order valence-corrected chi connectivity index (χ4v) is 2.88. The number of amides is 1. The minimum absolute atomic E-state index is 0.140. The van der Waals surface area contributed by atoms with E-state index in [2.05, 4.69) is 53.6 Å². The van der Waals surface area contributed by atoms with Gasteiger partial charge in [-0.1, -0.05) is 25.1 Å². The van der Waals surface area contributed by atoms with Gasteiger partial charge in [0.2, 0.25) is 5.91 Å². The van der Waals surface area contributed by atoms with Crippen LogP contribution < -0.4 is 15.5 Å². The van der Waals surface area contributed by atoms with E-state index in [1.54, 1.807) is 0 Å². The molecule has 2 atom stereocenters. The van der Waals surface area contributed by atoms with Gasteiger partial charge in [0, 0.05) is 31.9 Å². The summed E-state index contributed by atoms with van der Waals surface area (Å²) in [5, 5.41) is 6.35. The normalized spacial score (nSPS) is 21.2. The van der Waals surface area contributed by atoms with Crippen molar-refractivity contribution in [2.24, 2.45) is 11.8 Å². The fraction of sp³-hybridized carbons (Fsp3) is 0.588. The molecule has 0 radical (unpaired) electrons. The van der Waals surface area contributed by atoms with Crippen LogP contribution in [0.2, 0.25) is 0 Å². The minimum atomic E-state index is 0.140. The number of hydrogen-bond donors (Lipinski definition) is 2. The van der Waals surface area contributed by atoms with Crippen molar-refractivity contribution in [3.05, 3.63) is 30.3 Å². The Morgan fingerprint density at radius 2 is 2.10 bits per heavy atom. The lowest BCUT2D eigenvalue weighted by atomic mass is 9.97. The molecule has 0 spiro atoms. The molecule has 1 aliphatic rings. The molecule has 1 saturated heterocycles. The topological polar surface area (TPSA) is 44.4 Å². The number of nitrogens with zero attached hydrogens (tertiary/aromatic N) is 1. The van der Waals surface area contributed by atoms with Gasteiger partial charge in [0.05, 0.1) is 5.92 Å². The molecule has 1 amide bonds. The number of anilines is 1. The Kier molecular flexibility index (Phi) is 6.05. The van der Waals surface area contributed by atoms with Gasteiger partial charge in [-0.25, -0.2) is 0 Å². The summed E-state index contributed by atoms with van der Waals surface area (Å²) in [6.07, 6.45) is 0.975. The molecule has 21 heavy (non-hydrogen) atoms. The van der Waals surface area contributed by atoms with Crippen LogP contribution in [0.5, 0.6) is 0 Å². The van der Waals surface area contributed by atoms with Crippen molar-refractivity contribution in [2.45, 2.75) is 20.3 Å². The Labute approximate surface area is 127 Å². The van der Waals surface area contributed by atoms with E-state index in [0.717, 1.165) is 39.1 Å². The molecule has 1 fully saturated rings. The zero-order valence-electron chi connectivity index (χ0n) is 13.1. The summed E-state index contributed by atoms with van der Waals surface area (Å²) in [4.78, 5) is 14.4. The fourth-order valence-electron chi connectivity index (χ4n) is 2.88. The second-order valence-electron chi connectivity index (χ2n) is 5.80. The van der Waals surface area contributed by atoms with Gasteiger partial charge in [0.15, 0.2) is 0 Å². The highest BCUT2D eigenvalue weighted by molar-refractivity contribution is 5.79. The van der Waals surface area contributed by atoms with Crippen LogP contribution in [0.25, 0.3) is 0 Å². The predicted octanol–water partition coefficient (Wildman–Crippen LogP) is 1.87. The first kappa shape index (κ1) is 15.8. The molecule has 4 heteroatoms. The molecular formula is C17H27N3O. The maximum absolute atomic E-state index is 12.1. The monoisotopic (exact) mass is 289 g/mol. The van der Waals surface area contributed by atoms with E-state index in [4.69, 9.17) is 0 Å². The SMILES string of the molecule is CCN(CCCNC(=O)C1CNCC1C)c1ccccc1. The van der Waals surface area contributed by atoms with E-state index in [-0.39, 0.29) is 11.8 Å². The molecule has 4 nitrogen and oxygen atoms in total. The van der Waals surface area contributed by atoms with Crippen LogP contribution in [0, 0.1) is 11.8 Å². The maximum Gasteiger partial charge on any atom is 0.224 e. The number of benzene rings is 1. The van der Waals surface area contributed by atoms with Gasteiger partial charge >= 0.3 is 0 Å². The summed E-state index contributed by atoms with van der Waals surface area (Å²) in [5.74, 6) is 0.790. The zero-order chi connectivity index (χ0) is 15.1. The van der Waals surface area contributed by atoms with E-state index < -0.39 is 0 Å². The third-order valence-electron chi connectivity index (χ3n) is 4.26. The molecule has 0 aliphatic carbocycles.